The van der Waals surface area contributed by atoms with Crippen LogP contribution in [0.3, 0.4) is 0 Å². The van der Waals surface area contributed by atoms with Crippen LogP contribution >= 0.6 is 11.8 Å². The Labute approximate surface area is 197 Å². The summed E-state index contributed by atoms with van der Waals surface area (Å²) in [4.78, 5) is 14.9. The average Bonchev–Trinajstić information content (AvgIpc) is 3.45. The second-order valence-electron chi connectivity index (χ2n) is 8.64. The van der Waals surface area contributed by atoms with Crippen LogP contribution in [0.4, 0.5) is 0 Å². The Bertz CT molecular complexity index is 1250. The molecule has 0 aliphatic carbocycles. The van der Waals surface area contributed by atoms with Crippen LogP contribution in [0.15, 0.2) is 51.3 Å². The van der Waals surface area contributed by atoms with Crippen molar-refractivity contribution >= 4 is 22.9 Å². The second kappa shape index (κ2) is 9.47. The summed E-state index contributed by atoms with van der Waals surface area (Å²) in [6, 6.07) is 7.87. The third-order valence-electron chi connectivity index (χ3n) is 5.73. The molecule has 0 amide bonds. The normalized spacial score (nSPS) is 13.2. The van der Waals surface area contributed by atoms with Crippen LogP contribution in [-0.4, -0.2) is 32.7 Å². The number of rotatable bonds is 8. The number of fused-ring (bicyclic) bond motifs is 2. The number of aryl methyl sites for hydroxylation is 2. The SMILES string of the molecule is Cc1ncnc2c1nc(Sc1cc3c(cc1-c1ccco1)OCCO3)n2CCCCC(C)C. The number of benzene rings is 1. The minimum atomic E-state index is 0.542. The summed E-state index contributed by atoms with van der Waals surface area (Å²) in [5.41, 5.74) is 3.57. The predicted octanol–water partition coefficient (Wildman–Crippen LogP) is 6.14. The van der Waals surface area contributed by atoms with Crippen molar-refractivity contribution in [2.45, 2.75) is 56.6 Å². The van der Waals surface area contributed by atoms with E-state index in [1.54, 1.807) is 24.4 Å². The molecular weight excluding hydrogens is 436 g/mol. The van der Waals surface area contributed by atoms with Gasteiger partial charge in [-0.25, -0.2) is 15.0 Å². The third kappa shape index (κ3) is 4.57. The molecule has 4 heterocycles. The van der Waals surface area contributed by atoms with Gasteiger partial charge in [-0.05, 0) is 43.5 Å². The van der Waals surface area contributed by atoms with E-state index in [9.17, 15) is 0 Å². The summed E-state index contributed by atoms with van der Waals surface area (Å²) < 4.78 is 19.7. The van der Waals surface area contributed by atoms with E-state index >= 15 is 0 Å². The first-order chi connectivity index (χ1) is 16.1. The molecule has 4 aromatic rings. The Kier molecular flexibility index (Phi) is 6.26. The summed E-state index contributed by atoms with van der Waals surface area (Å²) in [7, 11) is 0. The van der Waals surface area contributed by atoms with Crippen molar-refractivity contribution in [3.8, 4) is 22.8 Å². The van der Waals surface area contributed by atoms with Gasteiger partial charge in [0.2, 0.25) is 0 Å². The molecule has 0 bridgehead atoms. The van der Waals surface area contributed by atoms with Gasteiger partial charge in [-0.2, -0.15) is 0 Å². The van der Waals surface area contributed by atoms with Crippen molar-refractivity contribution in [2.24, 2.45) is 5.92 Å². The van der Waals surface area contributed by atoms with Gasteiger partial charge in [0.05, 0.1) is 12.0 Å². The summed E-state index contributed by atoms with van der Waals surface area (Å²) in [5.74, 6) is 2.97. The van der Waals surface area contributed by atoms with Gasteiger partial charge in [0.15, 0.2) is 22.3 Å². The lowest BCUT2D eigenvalue weighted by Gasteiger charge is -2.20. The topological polar surface area (TPSA) is 75.2 Å². The van der Waals surface area contributed by atoms with E-state index in [-0.39, 0.29) is 0 Å². The van der Waals surface area contributed by atoms with Crippen molar-refractivity contribution < 1.29 is 13.9 Å². The highest BCUT2D eigenvalue weighted by molar-refractivity contribution is 7.99. The van der Waals surface area contributed by atoms with Crippen LogP contribution in [0.25, 0.3) is 22.5 Å². The van der Waals surface area contributed by atoms with Crippen molar-refractivity contribution in [1.29, 1.82) is 0 Å². The lowest BCUT2D eigenvalue weighted by Crippen LogP contribution is -2.15. The maximum absolute atomic E-state index is 5.87. The Morgan fingerprint density at radius 2 is 1.91 bits per heavy atom. The number of ether oxygens (including phenoxy) is 2. The zero-order chi connectivity index (χ0) is 22.8. The molecule has 0 fully saturated rings. The number of imidazole rings is 1. The van der Waals surface area contributed by atoms with Crippen LogP contribution in [0, 0.1) is 12.8 Å². The molecule has 0 spiro atoms. The lowest BCUT2D eigenvalue weighted by molar-refractivity contribution is 0.171. The van der Waals surface area contributed by atoms with Gasteiger partial charge in [0.1, 0.15) is 30.8 Å². The van der Waals surface area contributed by atoms with E-state index in [1.807, 2.05) is 31.2 Å². The highest BCUT2D eigenvalue weighted by Gasteiger charge is 2.22. The number of unbranched alkanes of at least 4 members (excludes halogenated alkanes) is 1. The molecule has 0 atom stereocenters. The molecule has 0 saturated carbocycles. The highest BCUT2D eigenvalue weighted by Crippen LogP contribution is 2.44. The van der Waals surface area contributed by atoms with Gasteiger partial charge in [-0.15, -0.1) is 0 Å². The van der Waals surface area contributed by atoms with Gasteiger partial charge in [-0.3, -0.25) is 0 Å². The predicted molar refractivity (Wildman–Crippen MR) is 128 cm³/mol. The van der Waals surface area contributed by atoms with Crippen LogP contribution in [0.2, 0.25) is 0 Å². The van der Waals surface area contributed by atoms with Crippen molar-refractivity contribution in [3.63, 3.8) is 0 Å². The van der Waals surface area contributed by atoms with Crippen LogP contribution in [0.1, 0.15) is 38.8 Å². The van der Waals surface area contributed by atoms with Crippen molar-refractivity contribution in [1.82, 2.24) is 19.5 Å². The molecule has 33 heavy (non-hydrogen) atoms. The third-order valence-corrected chi connectivity index (χ3v) is 6.78. The summed E-state index contributed by atoms with van der Waals surface area (Å²) in [6.45, 7) is 8.46. The van der Waals surface area contributed by atoms with Crippen LogP contribution in [-0.2, 0) is 6.54 Å². The summed E-state index contributed by atoms with van der Waals surface area (Å²) >= 11 is 1.60. The van der Waals surface area contributed by atoms with Gasteiger partial charge < -0.3 is 18.5 Å². The molecule has 0 unspecified atom stereocenters. The molecule has 7 nitrogen and oxygen atoms in total. The number of hydrogen-bond donors (Lipinski definition) is 0. The molecule has 172 valence electrons. The standard InChI is InChI=1S/C25H28N4O3S/c1-16(2)7-4-5-9-29-24-23(17(3)26-15-27-24)28-25(29)33-22-14-21-20(31-11-12-32-21)13-18(22)19-8-6-10-30-19/h6,8,10,13-16H,4-5,7,9,11-12H2,1-3H3. The molecule has 0 radical (unpaired) electrons. The zero-order valence-electron chi connectivity index (χ0n) is 19.2. The fourth-order valence-corrected chi connectivity index (χ4v) is 5.07. The van der Waals surface area contributed by atoms with E-state index in [1.165, 1.54) is 12.8 Å². The Morgan fingerprint density at radius 3 is 2.67 bits per heavy atom. The van der Waals surface area contributed by atoms with Crippen molar-refractivity contribution in [2.75, 3.05) is 13.2 Å². The molecule has 3 aromatic heterocycles. The molecule has 8 heteroatoms. The summed E-state index contributed by atoms with van der Waals surface area (Å²) in [5, 5.41) is 0.891. The minimum Gasteiger partial charge on any atom is -0.486 e. The molecule has 0 N–H and O–H groups in total. The first kappa shape index (κ1) is 21.8. The van der Waals surface area contributed by atoms with Crippen LogP contribution < -0.4 is 9.47 Å². The lowest BCUT2D eigenvalue weighted by atomic mass is 10.1. The van der Waals surface area contributed by atoms with Crippen LogP contribution in [0.5, 0.6) is 11.5 Å². The quantitative estimate of drug-likeness (QED) is 0.290. The van der Waals surface area contributed by atoms with Crippen molar-refractivity contribution in [3.05, 3.63) is 42.5 Å². The Hall–Kier alpha value is -3.00. The largest absolute Gasteiger partial charge is 0.486 e. The molecule has 1 aromatic carbocycles. The maximum Gasteiger partial charge on any atom is 0.175 e. The highest BCUT2D eigenvalue weighted by atomic mass is 32.2. The Balaban J connectivity index is 1.55. The number of aromatic nitrogens is 4. The molecule has 1 aliphatic heterocycles. The van der Waals surface area contributed by atoms with E-state index < -0.39 is 0 Å². The van der Waals surface area contributed by atoms with E-state index in [2.05, 4.69) is 28.4 Å². The monoisotopic (exact) mass is 464 g/mol. The second-order valence-corrected chi connectivity index (χ2v) is 9.65. The summed E-state index contributed by atoms with van der Waals surface area (Å²) in [6.07, 6.45) is 6.77. The first-order valence-electron chi connectivity index (χ1n) is 11.4. The fourth-order valence-electron chi connectivity index (χ4n) is 4.01. The van der Waals surface area contributed by atoms with E-state index in [4.69, 9.17) is 18.9 Å². The van der Waals surface area contributed by atoms with Gasteiger partial charge in [0.25, 0.3) is 0 Å². The number of furan rings is 1. The minimum absolute atomic E-state index is 0.542. The first-order valence-corrected chi connectivity index (χ1v) is 12.2. The van der Waals surface area contributed by atoms with Gasteiger partial charge in [-0.1, -0.05) is 38.5 Å². The molecule has 0 saturated heterocycles. The van der Waals surface area contributed by atoms with Gasteiger partial charge >= 0.3 is 0 Å². The molecular formula is C25H28N4O3S. The fraction of sp³-hybridized carbons (Fsp3) is 0.400. The Morgan fingerprint density at radius 1 is 1.09 bits per heavy atom. The molecule has 1 aliphatic rings. The smallest absolute Gasteiger partial charge is 0.175 e. The average molecular weight is 465 g/mol. The zero-order valence-corrected chi connectivity index (χ0v) is 20.0. The number of hydrogen-bond acceptors (Lipinski definition) is 7. The number of nitrogens with zero attached hydrogens (tertiary/aromatic N) is 4. The van der Waals surface area contributed by atoms with E-state index in [0.29, 0.717) is 19.1 Å². The van der Waals surface area contributed by atoms with E-state index in [0.717, 1.165) is 62.7 Å². The molecule has 5 rings (SSSR count). The van der Waals surface area contributed by atoms with Gasteiger partial charge in [0, 0.05) is 17.0 Å². The maximum atomic E-state index is 5.87.